The number of carbonyl (C=O) groups is 1. The first kappa shape index (κ1) is 17.6. The number of nitrogens with zero attached hydrogens (tertiary/aromatic N) is 3. The van der Waals surface area contributed by atoms with E-state index < -0.39 is 28.4 Å². The number of hydrogen-bond donors (Lipinski definition) is 2. The summed E-state index contributed by atoms with van der Waals surface area (Å²) in [4.78, 5) is 12.4. The van der Waals surface area contributed by atoms with E-state index in [-0.39, 0.29) is 13.2 Å². The lowest BCUT2D eigenvalue weighted by molar-refractivity contribution is -0.00866. The maximum atomic E-state index is 11.2. The van der Waals surface area contributed by atoms with E-state index in [0.29, 0.717) is 29.6 Å². The molecule has 25 heavy (non-hydrogen) atoms. The minimum absolute atomic E-state index is 0.119. The van der Waals surface area contributed by atoms with Gasteiger partial charge in [0, 0.05) is 11.9 Å². The zero-order chi connectivity index (χ0) is 18.2. The second-order valence-corrected chi connectivity index (χ2v) is 7.57. The molecule has 1 saturated heterocycles. The van der Waals surface area contributed by atoms with Crippen molar-refractivity contribution in [3.05, 3.63) is 30.0 Å². The zero-order valence-electron chi connectivity index (χ0n) is 13.6. The Morgan fingerprint density at radius 1 is 1.44 bits per heavy atom. The highest BCUT2D eigenvalue weighted by atomic mass is 32.2. The van der Waals surface area contributed by atoms with Gasteiger partial charge < -0.3 is 15.1 Å². The number of likely N-dealkylation sites (tertiary alicyclic amines) is 1. The molecule has 0 bridgehead atoms. The van der Waals surface area contributed by atoms with Crippen molar-refractivity contribution in [3.63, 3.8) is 0 Å². The average molecular weight is 369 g/mol. The van der Waals surface area contributed by atoms with Crippen LogP contribution in [0.3, 0.4) is 0 Å². The second kappa shape index (κ2) is 6.62. The molecule has 2 N–H and O–H groups in total. The van der Waals surface area contributed by atoms with E-state index in [1.165, 1.54) is 9.58 Å². The molecular weight excluding hydrogens is 350 g/mol. The number of aliphatic hydroxyl groups excluding tert-OH is 1. The molecule has 1 fully saturated rings. The highest BCUT2D eigenvalue weighted by Crippen LogP contribution is 2.34. The minimum atomic E-state index is -3.58. The summed E-state index contributed by atoms with van der Waals surface area (Å²) in [6.07, 6.45) is -0.629. The number of fused-ring (bicyclic) bond motifs is 1. The molecule has 1 amide bonds. The molecule has 1 unspecified atom stereocenters. The van der Waals surface area contributed by atoms with E-state index in [4.69, 9.17) is 9.29 Å². The molecule has 0 aliphatic carbocycles. The van der Waals surface area contributed by atoms with Gasteiger partial charge in [-0.15, -0.1) is 0 Å². The topological polar surface area (TPSA) is 122 Å². The molecule has 1 aliphatic heterocycles. The largest absolute Gasteiger partial charge is 0.465 e. The summed E-state index contributed by atoms with van der Waals surface area (Å²) in [5, 5.41) is 25.0. The Morgan fingerprint density at radius 2 is 2.16 bits per heavy atom. The molecular formula is C15H19N3O6S. The van der Waals surface area contributed by atoms with Gasteiger partial charge in [-0.25, -0.2) is 4.79 Å². The highest BCUT2D eigenvalue weighted by molar-refractivity contribution is 7.85. The molecule has 1 aromatic carbocycles. The Kier molecular flexibility index (Phi) is 4.67. The smallest absolute Gasteiger partial charge is 0.407 e. The molecule has 2 heterocycles. The van der Waals surface area contributed by atoms with Gasteiger partial charge in [-0.3, -0.25) is 8.86 Å². The van der Waals surface area contributed by atoms with E-state index in [1.54, 1.807) is 24.3 Å². The van der Waals surface area contributed by atoms with Gasteiger partial charge >= 0.3 is 6.09 Å². The zero-order valence-corrected chi connectivity index (χ0v) is 14.4. The van der Waals surface area contributed by atoms with Crippen molar-refractivity contribution < 1.29 is 27.6 Å². The van der Waals surface area contributed by atoms with E-state index in [1.807, 2.05) is 0 Å². The molecule has 3 rings (SSSR count). The lowest BCUT2D eigenvalue weighted by atomic mass is 9.94. The van der Waals surface area contributed by atoms with Crippen LogP contribution >= 0.6 is 0 Å². The van der Waals surface area contributed by atoms with Crippen molar-refractivity contribution in [2.75, 3.05) is 19.4 Å². The summed E-state index contributed by atoms with van der Waals surface area (Å²) in [5.41, 5.74) is 1.10. The Hall–Kier alpha value is -2.17. The van der Waals surface area contributed by atoms with Crippen molar-refractivity contribution in [2.24, 2.45) is 0 Å². The van der Waals surface area contributed by atoms with Gasteiger partial charge in [0.05, 0.1) is 36.7 Å². The van der Waals surface area contributed by atoms with Crippen molar-refractivity contribution in [3.8, 4) is 0 Å². The van der Waals surface area contributed by atoms with Gasteiger partial charge in [-0.2, -0.15) is 13.5 Å². The molecule has 136 valence electrons. The van der Waals surface area contributed by atoms with Crippen LogP contribution in [0.25, 0.3) is 10.9 Å². The Balaban J connectivity index is 1.91. The summed E-state index contributed by atoms with van der Waals surface area (Å²) >= 11 is 0. The van der Waals surface area contributed by atoms with Crippen LogP contribution in [0.4, 0.5) is 4.79 Å². The number of aromatic nitrogens is 2. The van der Waals surface area contributed by atoms with Crippen LogP contribution in [0.15, 0.2) is 24.3 Å². The minimum Gasteiger partial charge on any atom is -0.465 e. The van der Waals surface area contributed by atoms with Crippen LogP contribution in [-0.4, -0.2) is 64.9 Å². The summed E-state index contributed by atoms with van der Waals surface area (Å²) in [5.74, 6) is 0. The third-order valence-electron chi connectivity index (χ3n) is 4.24. The molecule has 2 atom stereocenters. The standard InChI is InChI=1S/C15H19N3O6S/c1-25(22,23)24-9-8-18-13(10-4-2-3-5-11(10)16-18)14(19)12-6-7-17(12)15(20)21/h2-5,12,14,19H,6-9H2,1H3,(H,20,21)/t12-,14?/m0/s1. The average Bonchev–Trinajstić information content (AvgIpc) is 2.82. The fourth-order valence-electron chi connectivity index (χ4n) is 3.01. The van der Waals surface area contributed by atoms with Gasteiger partial charge in [0.25, 0.3) is 10.1 Å². The Labute approximate surface area is 144 Å². The number of rotatable bonds is 6. The number of amides is 1. The molecule has 1 aromatic heterocycles. The maximum Gasteiger partial charge on any atom is 0.407 e. The van der Waals surface area contributed by atoms with Crippen molar-refractivity contribution in [1.82, 2.24) is 14.7 Å². The summed E-state index contributed by atoms with van der Waals surface area (Å²) in [6, 6.07) is 6.61. The van der Waals surface area contributed by atoms with Crippen LogP contribution in [0.5, 0.6) is 0 Å². The fourth-order valence-corrected chi connectivity index (χ4v) is 3.39. The molecule has 2 aromatic rings. The van der Waals surface area contributed by atoms with Crippen LogP contribution in [-0.2, 0) is 20.8 Å². The molecule has 0 saturated carbocycles. The van der Waals surface area contributed by atoms with Gasteiger partial charge in [0.2, 0.25) is 0 Å². The SMILES string of the molecule is CS(=O)(=O)OCCn1nc2ccccc2c1C(O)[C@@H]1CCN1C(=O)O. The second-order valence-electron chi connectivity index (χ2n) is 5.93. The summed E-state index contributed by atoms with van der Waals surface area (Å²) in [7, 11) is -3.58. The van der Waals surface area contributed by atoms with Gasteiger partial charge in [-0.05, 0) is 12.5 Å². The molecule has 0 spiro atoms. The Bertz CT molecular complexity index is 894. The monoisotopic (exact) mass is 369 g/mol. The summed E-state index contributed by atoms with van der Waals surface area (Å²) < 4.78 is 28.5. The maximum absolute atomic E-state index is 11.2. The van der Waals surface area contributed by atoms with Crippen molar-refractivity contribution in [2.45, 2.75) is 25.1 Å². The van der Waals surface area contributed by atoms with Crippen molar-refractivity contribution >= 4 is 27.1 Å². The van der Waals surface area contributed by atoms with Crippen LogP contribution < -0.4 is 0 Å². The molecule has 9 nitrogen and oxygen atoms in total. The van der Waals surface area contributed by atoms with Gasteiger partial charge in [0.1, 0.15) is 6.10 Å². The fraction of sp³-hybridized carbons (Fsp3) is 0.467. The number of benzene rings is 1. The van der Waals surface area contributed by atoms with Crippen LogP contribution in [0.1, 0.15) is 18.2 Å². The lowest BCUT2D eigenvalue weighted by Crippen LogP contribution is -2.53. The highest BCUT2D eigenvalue weighted by Gasteiger charge is 2.40. The number of carboxylic acid groups (broad SMARTS) is 1. The predicted octanol–water partition coefficient (Wildman–Crippen LogP) is 0.798. The third kappa shape index (κ3) is 3.60. The van der Waals surface area contributed by atoms with Gasteiger partial charge in [0.15, 0.2) is 0 Å². The van der Waals surface area contributed by atoms with Crippen LogP contribution in [0, 0.1) is 0 Å². The van der Waals surface area contributed by atoms with E-state index in [9.17, 15) is 18.3 Å². The third-order valence-corrected chi connectivity index (χ3v) is 4.84. The quantitative estimate of drug-likeness (QED) is 0.722. The normalized spacial score (nSPS) is 19.0. The predicted molar refractivity (Wildman–Crippen MR) is 88.6 cm³/mol. The molecule has 1 aliphatic rings. The Morgan fingerprint density at radius 3 is 2.76 bits per heavy atom. The van der Waals surface area contributed by atoms with E-state index >= 15 is 0 Å². The lowest BCUT2D eigenvalue weighted by Gasteiger charge is -2.41. The summed E-state index contributed by atoms with van der Waals surface area (Å²) in [6.45, 7) is 0.369. The van der Waals surface area contributed by atoms with E-state index in [2.05, 4.69) is 5.10 Å². The number of hydrogen-bond acceptors (Lipinski definition) is 6. The van der Waals surface area contributed by atoms with Crippen molar-refractivity contribution in [1.29, 1.82) is 0 Å². The number of aliphatic hydroxyl groups is 1. The van der Waals surface area contributed by atoms with Crippen LogP contribution in [0.2, 0.25) is 0 Å². The van der Waals surface area contributed by atoms with Gasteiger partial charge in [-0.1, -0.05) is 18.2 Å². The van der Waals surface area contributed by atoms with E-state index in [0.717, 1.165) is 6.26 Å². The first-order chi connectivity index (χ1) is 11.8. The first-order valence-corrected chi connectivity index (χ1v) is 9.57. The molecule has 10 heteroatoms. The molecule has 0 radical (unpaired) electrons. The first-order valence-electron chi connectivity index (χ1n) is 7.75.